The predicted molar refractivity (Wildman–Crippen MR) is 179 cm³/mol. The van der Waals surface area contributed by atoms with Crippen LogP contribution in [-0.4, -0.2) is 45.4 Å². The first-order valence-corrected chi connectivity index (χ1v) is 16.3. The third kappa shape index (κ3) is 7.66. The molecule has 0 bridgehead atoms. The molecule has 42 heavy (non-hydrogen) atoms. The summed E-state index contributed by atoms with van der Waals surface area (Å²) in [6, 6.07) is 14.2. The first-order valence-electron chi connectivity index (χ1n) is 13.8. The number of hydrogen-bond acceptors (Lipinski definition) is 8. The Morgan fingerprint density at radius 2 is 1.02 bits per heavy atom. The van der Waals surface area contributed by atoms with Crippen LogP contribution >= 0.6 is 48.0 Å². The molecule has 8 nitrogen and oxygen atoms in total. The summed E-state index contributed by atoms with van der Waals surface area (Å²) in [5.74, 6) is -0.877. The van der Waals surface area contributed by atoms with Crippen molar-refractivity contribution in [2.75, 3.05) is 22.9 Å². The second kappa shape index (κ2) is 14.9. The molecule has 2 aromatic carbocycles. The third-order valence-corrected chi connectivity index (χ3v) is 9.44. The fraction of sp³-hybridized carbons (Fsp3) is 0.333. The van der Waals surface area contributed by atoms with Crippen LogP contribution in [0.3, 0.4) is 0 Å². The van der Waals surface area contributed by atoms with Gasteiger partial charge >= 0.3 is 0 Å². The van der Waals surface area contributed by atoms with E-state index in [-0.39, 0.29) is 46.3 Å². The maximum Gasteiger partial charge on any atom is 0.272 e. The van der Waals surface area contributed by atoms with E-state index in [0.29, 0.717) is 33.1 Å². The van der Waals surface area contributed by atoms with Crippen LogP contribution in [-0.2, 0) is 32.0 Å². The van der Waals surface area contributed by atoms with Gasteiger partial charge in [0.1, 0.15) is 0 Å². The summed E-state index contributed by atoms with van der Waals surface area (Å²) in [5.41, 5.74) is 2.77. The number of carbonyl (C=O) groups excluding carboxylic acids is 4. The number of anilines is 2. The molecule has 0 spiro atoms. The molecule has 2 aliphatic rings. The standard InChI is InChI=1S/C30H32N4O4S4/c1-3-5-15-31-23(35)17-19-7-11-21(12-8-19)33-27(37)25(41-29(33)39)26-28(38)34(30(40)42-26)22-13-9-20(10-14-22)18-24(36)32-16-6-4-2/h7-14H,3-6,15-18H2,1-2H3,(H,31,35)(H,32,36)/b26-25+. The normalized spacial score (nSPS) is 16.9. The van der Waals surface area contributed by atoms with E-state index in [2.05, 4.69) is 24.5 Å². The Bertz CT molecular complexity index is 1320. The van der Waals surface area contributed by atoms with Gasteiger partial charge in [0.2, 0.25) is 11.8 Å². The molecule has 2 heterocycles. The summed E-state index contributed by atoms with van der Waals surface area (Å²) in [7, 11) is 0. The van der Waals surface area contributed by atoms with E-state index < -0.39 is 0 Å². The Balaban J connectivity index is 1.44. The first-order chi connectivity index (χ1) is 20.2. The minimum atomic E-state index is -0.389. The van der Waals surface area contributed by atoms with E-state index in [4.69, 9.17) is 24.4 Å². The van der Waals surface area contributed by atoms with E-state index in [1.54, 1.807) is 48.5 Å². The van der Waals surface area contributed by atoms with Crippen molar-refractivity contribution in [2.45, 2.75) is 52.4 Å². The molecule has 4 rings (SSSR count). The van der Waals surface area contributed by atoms with Gasteiger partial charge in [-0.05, 0) is 48.2 Å². The topological polar surface area (TPSA) is 98.8 Å². The van der Waals surface area contributed by atoms with E-state index in [1.165, 1.54) is 9.80 Å². The molecule has 0 radical (unpaired) electrons. The quantitative estimate of drug-likeness (QED) is 0.185. The van der Waals surface area contributed by atoms with Gasteiger partial charge in [0.05, 0.1) is 34.0 Å². The molecule has 0 aromatic heterocycles. The number of thiocarbonyl (C=S) groups is 2. The van der Waals surface area contributed by atoms with Crippen LogP contribution in [0.25, 0.3) is 0 Å². The van der Waals surface area contributed by atoms with Crippen molar-refractivity contribution in [2.24, 2.45) is 0 Å². The highest BCUT2D eigenvalue weighted by Gasteiger charge is 2.43. The summed E-state index contributed by atoms with van der Waals surface area (Å²) in [4.78, 5) is 54.5. The molecule has 2 fully saturated rings. The summed E-state index contributed by atoms with van der Waals surface area (Å²) >= 11 is 13.2. The van der Waals surface area contributed by atoms with Gasteiger partial charge in [0, 0.05) is 13.1 Å². The molecule has 2 N–H and O–H groups in total. The average molecular weight is 641 g/mol. The lowest BCUT2D eigenvalue weighted by molar-refractivity contribution is -0.121. The molecule has 2 saturated heterocycles. The number of amides is 4. The molecule has 12 heteroatoms. The van der Waals surface area contributed by atoms with Gasteiger partial charge in [-0.2, -0.15) is 0 Å². The molecule has 220 valence electrons. The predicted octanol–water partition coefficient (Wildman–Crippen LogP) is 5.25. The van der Waals surface area contributed by atoms with Crippen molar-refractivity contribution in [1.29, 1.82) is 0 Å². The van der Waals surface area contributed by atoms with Crippen LogP contribution in [0.15, 0.2) is 58.3 Å². The molecule has 0 atom stereocenters. The minimum Gasteiger partial charge on any atom is -0.356 e. The molecule has 2 aliphatic heterocycles. The first kappa shape index (κ1) is 31.9. The van der Waals surface area contributed by atoms with Crippen LogP contribution in [0.2, 0.25) is 0 Å². The highest BCUT2D eigenvalue weighted by atomic mass is 32.2. The lowest BCUT2D eigenvalue weighted by Gasteiger charge is -2.15. The SMILES string of the molecule is CCCCNC(=O)Cc1ccc(N2C(=O)/C(=C3\SC(=S)N(c4ccc(CC(=O)NCCCC)cc4)C3=O)SC2=S)cc1. The Labute approximate surface area is 265 Å². The van der Waals surface area contributed by atoms with Gasteiger partial charge in [-0.3, -0.25) is 29.0 Å². The summed E-state index contributed by atoms with van der Waals surface area (Å²) in [5, 5.41) is 5.79. The maximum absolute atomic E-state index is 13.5. The number of nitrogens with one attached hydrogen (secondary N) is 2. The van der Waals surface area contributed by atoms with Crippen molar-refractivity contribution in [3.8, 4) is 0 Å². The van der Waals surface area contributed by atoms with Crippen molar-refractivity contribution >= 4 is 91.6 Å². The molecule has 0 saturated carbocycles. The minimum absolute atomic E-state index is 0.0496. The zero-order valence-corrected chi connectivity index (χ0v) is 26.7. The Morgan fingerprint density at radius 1 is 0.667 bits per heavy atom. The fourth-order valence-electron chi connectivity index (χ4n) is 4.29. The maximum atomic E-state index is 13.5. The van der Waals surface area contributed by atoms with Crippen molar-refractivity contribution in [3.63, 3.8) is 0 Å². The number of carbonyl (C=O) groups is 4. The lowest BCUT2D eigenvalue weighted by atomic mass is 10.1. The van der Waals surface area contributed by atoms with Crippen molar-refractivity contribution in [3.05, 3.63) is 69.5 Å². The van der Waals surface area contributed by atoms with Crippen LogP contribution in [0.1, 0.15) is 50.7 Å². The van der Waals surface area contributed by atoms with E-state index in [1.807, 2.05) is 0 Å². The smallest absolute Gasteiger partial charge is 0.272 e. The van der Waals surface area contributed by atoms with Crippen molar-refractivity contribution in [1.82, 2.24) is 10.6 Å². The molecule has 0 aliphatic carbocycles. The number of nitrogens with zero attached hydrogens (tertiary/aromatic N) is 2. The summed E-state index contributed by atoms with van der Waals surface area (Å²) < 4.78 is 0.624. The number of hydrogen-bond donors (Lipinski definition) is 2. The molecular weight excluding hydrogens is 609 g/mol. The highest BCUT2D eigenvalue weighted by Crippen LogP contribution is 2.44. The van der Waals surface area contributed by atoms with Gasteiger partial charge in [0.15, 0.2) is 8.64 Å². The number of thioether (sulfide) groups is 2. The third-order valence-electron chi connectivity index (χ3n) is 6.57. The van der Waals surface area contributed by atoms with E-state index >= 15 is 0 Å². The fourth-order valence-corrected chi connectivity index (χ4v) is 7.04. The molecular formula is C30H32N4O4S4. The Hall–Kier alpha value is -3.06. The Kier molecular flexibility index (Phi) is 11.3. The molecule has 4 amide bonds. The largest absolute Gasteiger partial charge is 0.356 e. The van der Waals surface area contributed by atoms with Gasteiger partial charge in [-0.25, -0.2) is 0 Å². The number of benzene rings is 2. The van der Waals surface area contributed by atoms with E-state index in [9.17, 15) is 19.2 Å². The lowest BCUT2D eigenvalue weighted by Crippen LogP contribution is -2.29. The van der Waals surface area contributed by atoms with Gasteiger partial charge in [-0.1, -0.05) is 98.9 Å². The zero-order chi connectivity index (χ0) is 30.2. The number of unbranched alkanes of at least 4 members (excludes halogenated alkanes) is 2. The van der Waals surface area contributed by atoms with Crippen molar-refractivity contribution < 1.29 is 19.2 Å². The van der Waals surface area contributed by atoms with Crippen LogP contribution in [0.4, 0.5) is 11.4 Å². The van der Waals surface area contributed by atoms with Gasteiger partial charge in [0.25, 0.3) is 11.8 Å². The van der Waals surface area contributed by atoms with Crippen LogP contribution in [0, 0.1) is 0 Å². The van der Waals surface area contributed by atoms with E-state index in [0.717, 1.165) is 60.3 Å². The zero-order valence-electron chi connectivity index (χ0n) is 23.4. The Morgan fingerprint density at radius 3 is 1.36 bits per heavy atom. The highest BCUT2D eigenvalue weighted by molar-refractivity contribution is 8.30. The summed E-state index contributed by atoms with van der Waals surface area (Å²) in [6.07, 6.45) is 4.39. The van der Waals surface area contributed by atoms with Gasteiger partial charge in [-0.15, -0.1) is 0 Å². The number of rotatable bonds is 12. The van der Waals surface area contributed by atoms with Gasteiger partial charge < -0.3 is 10.6 Å². The average Bonchev–Trinajstić information content (AvgIpc) is 3.43. The molecule has 0 unspecified atom stereocenters. The second-order valence-corrected chi connectivity index (χ2v) is 13.1. The molecule has 2 aromatic rings. The summed E-state index contributed by atoms with van der Waals surface area (Å²) in [6.45, 7) is 5.44. The second-order valence-electron chi connectivity index (χ2n) is 9.77. The van der Waals surface area contributed by atoms with Crippen LogP contribution in [0.5, 0.6) is 0 Å². The van der Waals surface area contributed by atoms with Crippen LogP contribution < -0.4 is 20.4 Å². The monoisotopic (exact) mass is 640 g/mol.